The van der Waals surface area contributed by atoms with Crippen LogP contribution in [0.1, 0.15) is 22.9 Å². The highest BCUT2D eigenvalue weighted by molar-refractivity contribution is 5.17. The van der Waals surface area contributed by atoms with Crippen molar-refractivity contribution in [3.8, 4) is 0 Å². The fraction of sp³-hybridized carbons (Fsp3) is 0.357. The molecule has 0 saturated carbocycles. The SMILES string of the molecule is c1ccc(CCc2nc3c(o2)CCNC3)cc1. The third-order valence-corrected chi connectivity index (χ3v) is 3.11. The summed E-state index contributed by atoms with van der Waals surface area (Å²) in [6.45, 7) is 1.85. The van der Waals surface area contributed by atoms with Gasteiger partial charge in [-0.3, -0.25) is 0 Å². The first-order valence-corrected chi connectivity index (χ1v) is 6.14. The fourth-order valence-electron chi connectivity index (χ4n) is 2.18. The smallest absolute Gasteiger partial charge is 0.195 e. The second kappa shape index (κ2) is 4.72. The highest BCUT2D eigenvalue weighted by atomic mass is 16.4. The van der Waals surface area contributed by atoms with E-state index in [2.05, 4.69) is 34.6 Å². The molecule has 0 fully saturated rings. The van der Waals surface area contributed by atoms with E-state index in [1.54, 1.807) is 0 Å². The molecular formula is C14H16N2O. The Hall–Kier alpha value is -1.61. The van der Waals surface area contributed by atoms with Crippen molar-refractivity contribution in [2.24, 2.45) is 0 Å². The molecule has 3 rings (SSSR count). The van der Waals surface area contributed by atoms with Gasteiger partial charge >= 0.3 is 0 Å². The Balaban J connectivity index is 1.67. The number of benzene rings is 1. The third-order valence-electron chi connectivity index (χ3n) is 3.11. The first-order valence-electron chi connectivity index (χ1n) is 6.14. The third kappa shape index (κ3) is 2.39. The molecule has 1 aliphatic heterocycles. The van der Waals surface area contributed by atoms with Crippen LogP contribution in [-0.4, -0.2) is 11.5 Å². The highest BCUT2D eigenvalue weighted by Crippen LogP contribution is 2.16. The molecule has 3 heteroatoms. The van der Waals surface area contributed by atoms with Gasteiger partial charge in [-0.15, -0.1) is 0 Å². The van der Waals surface area contributed by atoms with E-state index in [-0.39, 0.29) is 0 Å². The Morgan fingerprint density at radius 1 is 1.18 bits per heavy atom. The predicted molar refractivity (Wildman–Crippen MR) is 65.8 cm³/mol. The summed E-state index contributed by atoms with van der Waals surface area (Å²) in [5, 5.41) is 3.31. The maximum Gasteiger partial charge on any atom is 0.195 e. The highest BCUT2D eigenvalue weighted by Gasteiger charge is 2.16. The van der Waals surface area contributed by atoms with Gasteiger partial charge < -0.3 is 9.73 Å². The van der Waals surface area contributed by atoms with Crippen molar-refractivity contribution in [1.29, 1.82) is 0 Å². The van der Waals surface area contributed by atoms with Gasteiger partial charge in [0.15, 0.2) is 5.89 Å². The van der Waals surface area contributed by atoms with E-state index in [0.717, 1.165) is 49.7 Å². The normalized spacial score (nSPS) is 14.6. The zero-order chi connectivity index (χ0) is 11.5. The van der Waals surface area contributed by atoms with Crippen LogP contribution in [0.15, 0.2) is 34.7 Å². The number of rotatable bonds is 3. The summed E-state index contributed by atoms with van der Waals surface area (Å²) in [6.07, 6.45) is 2.85. The van der Waals surface area contributed by atoms with Crippen molar-refractivity contribution in [2.75, 3.05) is 6.54 Å². The van der Waals surface area contributed by atoms with Gasteiger partial charge in [-0.2, -0.15) is 0 Å². The molecular weight excluding hydrogens is 212 g/mol. The van der Waals surface area contributed by atoms with Gasteiger partial charge in [0, 0.05) is 25.9 Å². The molecule has 1 aromatic carbocycles. The molecule has 1 aliphatic rings. The number of nitrogens with one attached hydrogen (secondary N) is 1. The van der Waals surface area contributed by atoms with E-state index < -0.39 is 0 Å². The second-order valence-electron chi connectivity index (χ2n) is 4.39. The molecule has 0 atom stereocenters. The summed E-state index contributed by atoms with van der Waals surface area (Å²) < 4.78 is 5.78. The predicted octanol–water partition coefficient (Wildman–Crippen LogP) is 2.11. The van der Waals surface area contributed by atoms with E-state index in [4.69, 9.17) is 4.42 Å². The molecule has 0 bridgehead atoms. The average molecular weight is 228 g/mol. The minimum atomic E-state index is 0.851. The van der Waals surface area contributed by atoms with Crippen LogP contribution in [-0.2, 0) is 25.8 Å². The minimum Gasteiger partial charge on any atom is -0.445 e. The second-order valence-corrected chi connectivity index (χ2v) is 4.39. The number of hydrogen-bond donors (Lipinski definition) is 1. The van der Waals surface area contributed by atoms with Gasteiger partial charge in [0.1, 0.15) is 5.76 Å². The van der Waals surface area contributed by atoms with Crippen LogP contribution >= 0.6 is 0 Å². The van der Waals surface area contributed by atoms with Crippen LogP contribution in [0, 0.1) is 0 Å². The summed E-state index contributed by atoms with van der Waals surface area (Å²) in [5.74, 6) is 1.95. The van der Waals surface area contributed by atoms with Crippen molar-refractivity contribution in [3.05, 3.63) is 53.2 Å². The van der Waals surface area contributed by atoms with Crippen LogP contribution in [0.25, 0.3) is 0 Å². The Kier molecular flexibility index (Phi) is 2.92. The Bertz CT molecular complexity index is 467. The molecule has 2 heterocycles. The topological polar surface area (TPSA) is 38.1 Å². The number of fused-ring (bicyclic) bond motifs is 1. The lowest BCUT2D eigenvalue weighted by Gasteiger charge is -2.08. The van der Waals surface area contributed by atoms with Gasteiger partial charge in [0.05, 0.1) is 5.69 Å². The monoisotopic (exact) mass is 228 g/mol. The molecule has 0 unspecified atom stereocenters. The quantitative estimate of drug-likeness (QED) is 0.874. The van der Waals surface area contributed by atoms with Gasteiger partial charge in [-0.25, -0.2) is 4.98 Å². The van der Waals surface area contributed by atoms with Gasteiger partial charge in [0.25, 0.3) is 0 Å². The average Bonchev–Trinajstić information content (AvgIpc) is 2.80. The van der Waals surface area contributed by atoms with Crippen molar-refractivity contribution >= 4 is 0 Å². The molecule has 17 heavy (non-hydrogen) atoms. The number of aryl methyl sites for hydroxylation is 2. The molecule has 88 valence electrons. The van der Waals surface area contributed by atoms with Gasteiger partial charge in [-0.05, 0) is 12.0 Å². The molecule has 1 N–H and O–H groups in total. The molecule has 3 nitrogen and oxygen atoms in total. The zero-order valence-electron chi connectivity index (χ0n) is 9.78. The lowest BCUT2D eigenvalue weighted by molar-refractivity contribution is 0.438. The summed E-state index contributed by atoms with van der Waals surface area (Å²) in [5.41, 5.74) is 2.43. The number of nitrogens with zero attached hydrogens (tertiary/aromatic N) is 1. The Labute approximate surface area is 101 Å². The number of hydrogen-bond acceptors (Lipinski definition) is 3. The standard InChI is InChI=1S/C14H16N2O/c1-2-4-11(5-3-1)6-7-14-16-12-10-15-9-8-13(12)17-14/h1-5,15H,6-10H2. The van der Waals surface area contributed by atoms with E-state index in [0.29, 0.717) is 0 Å². The molecule has 0 saturated heterocycles. The molecule has 1 aromatic heterocycles. The van der Waals surface area contributed by atoms with Gasteiger partial charge in [-0.1, -0.05) is 30.3 Å². The van der Waals surface area contributed by atoms with Crippen LogP contribution in [0.3, 0.4) is 0 Å². The maximum absolute atomic E-state index is 5.78. The molecule has 0 spiro atoms. The van der Waals surface area contributed by atoms with Crippen LogP contribution in [0.5, 0.6) is 0 Å². The number of aromatic nitrogens is 1. The van der Waals surface area contributed by atoms with Crippen LogP contribution < -0.4 is 5.32 Å². The Morgan fingerprint density at radius 3 is 2.88 bits per heavy atom. The van der Waals surface area contributed by atoms with E-state index in [1.165, 1.54) is 5.56 Å². The van der Waals surface area contributed by atoms with E-state index in [9.17, 15) is 0 Å². The van der Waals surface area contributed by atoms with E-state index in [1.807, 2.05) is 6.07 Å². The largest absolute Gasteiger partial charge is 0.445 e. The summed E-state index contributed by atoms with van der Waals surface area (Å²) in [7, 11) is 0. The molecule has 0 radical (unpaired) electrons. The summed E-state index contributed by atoms with van der Waals surface area (Å²) >= 11 is 0. The molecule has 0 amide bonds. The Morgan fingerprint density at radius 2 is 2.06 bits per heavy atom. The lowest BCUT2D eigenvalue weighted by atomic mass is 10.1. The summed E-state index contributed by atoms with van der Waals surface area (Å²) in [6, 6.07) is 10.5. The number of oxazole rings is 1. The van der Waals surface area contributed by atoms with Gasteiger partial charge in [0.2, 0.25) is 0 Å². The first kappa shape index (κ1) is 10.5. The lowest BCUT2D eigenvalue weighted by Crippen LogP contribution is -2.22. The molecule has 2 aromatic rings. The summed E-state index contributed by atoms with van der Waals surface area (Å²) in [4.78, 5) is 4.54. The van der Waals surface area contributed by atoms with Crippen LogP contribution in [0.2, 0.25) is 0 Å². The fourth-order valence-corrected chi connectivity index (χ4v) is 2.18. The minimum absolute atomic E-state index is 0.851. The zero-order valence-corrected chi connectivity index (χ0v) is 9.78. The molecule has 0 aliphatic carbocycles. The van der Waals surface area contributed by atoms with E-state index >= 15 is 0 Å². The first-order chi connectivity index (χ1) is 8.42. The van der Waals surface area contributed by atoms with Crippen molar-refractivity contribution < 1.29 is 4.42 Å². The van der Waals surface area contributed by atoms with Crippen molar-refractivity contribution in [2.45, 2.75) is 25.8 Å². The van der Waals surface area contributed by atoms with Crippen LogP contribution in [0.4, 0.5) is 0 Å². The maximum atomic E-state index is 5.78. The van der Waals surface area contributed by atoms with Crippen molar-refractivity contribution in [3.63, 3.8) is 0 Å². The van der Waals surface area contributed by atoms with Crippen molar-refractivity contribution in [1.82, 2.24) is 10.3 Å².